The van der Waals surface area contributed by atoms with Gasteiger partial charge in [-0.3, -0.25) is 0 Å². The highest BCUT2D eigenvalue weighted by Crippen LogP contribution is 2.29. The van der Waals surface area contributed by atoms with Gasteiger partial charge in [-0.1, -0.05) is 0 Å². The van der Waals surface area contributed by atoms with Crippen LogP contribution in [-0.2, 0) is 4.74 Å². The Morgan fingerprint density at radius 1 is 1.67 bits per heavy atom. The van der Waals surface area contributed by atoms with Crippen LogP contribution in [0.3, 0.4) is 0 Å². The number of rotatable bonds is 3. The monoisotopic (exact) mass is 173 g/mol. The quantitative estimate of drug-likeness (QED) is 0.659. The van der Waals surface area contributed by atoms with E-state index in [2.05, 4.69) is 0 Å². The molecule has 1 fully saturated rings. The zero-order valence-electron chi connectivity index (χ0n) is 7.92. The molecular formula is C9H19NO2. The van der Waals surface area contributed by atoms with Crippen LogP contribution in [0.1, 0.15) is 33.1 Å². The van der Waals surface area contributed by atoms with Gasteiger partial charge in [0.2, 0.25) is 0 Å². The fourth-order valence-electron chi connectivity index (χ4n) is 1.60. The zero-order chi connectivity index (χ0) is 9.19. The molecule has 1 aliphatic carbocycles. The highest BCUT2D eigenvalue weighted by atomic mass is 16.5. The van der Waals surface area contributed by atoms with Crippen molar-refractivity contribution in [1.82, 2.24) is 0 Å². The maximum atomic E-state index is 9.91. The molecule has 1 saturated carbocycles. The summed E-state index contributed by atoms with van der Waals surface area (Å²) in [6.45, 7) is 4.37. The Hall–Kier alpha value is -0.120. The van der Waals surface area contributed by atoms with E-state index in [0.717, 1.165) is 12.8 Å². The largest absolute Gasteiger partial charge is 0.387 e. The van der Waals surface area contributed by atoms with Crippen molar-refractivity contribution in [1.29, 1.82) is 0 Å². The Bertz CT molecular complexity index is 149. The van der Waals surface area contributed by atoms with Crippen molar-refractivity contribution < 1.29 is 9.84 Å². The molecule has 72 valence electrons. The van der Waals surface area contributed by atoms with E-state index in [9.17, 15) is 5.11 Å². The Morgan fingerprint density at radius 2 is 2.33 bits per heavy atom. The third-order valence-electron chi connectivity index (χ3n) is 2.31. The van der Waals surface area contributed by atoms with Crippen LogP contribution in [-0.4, -0.2) is 29.5 Å². The van der Waals surface area contributed by atoms with Crippen molar-refractivity contribution in [3.05, 3.63) is 0 Å². The molecule has 0 amide bonds. The molecule has 0 spiro atoms. The van der Waals surface area contributed by atoms with Crippen molar-refractivity contribution in [2.75, 3.05) is 6.61 Å². The lowest BCUT2D eigenvalue weighted by Crippen LogP contribution is -2.34. The molecule has 3 heteroatoms. The van der Waals surface area contributed by atoms with Gasteiger partial charge in [0, 0.05) is 6.04 Å². The minimum absolute atomic E-state index is 0.158. The fourth-order valence-corrected chi connectivity index (χ4v) is 1.60. The van der Waals surface area contributed by atoms with Crippen LogP contribution in [0.4, 0.5) is 0 Å². The average molecular weight is 173 g/mol. The van der Waals surface area contributed by atoms with E-state index in [1.165, 1.54) is 0 Å². The maximum Gasteiger partial charge on any atom is 0.0895 e. The molecule has 12 heavy (non-hydrogen) atoms. The summed E-state index contributed by atoms with van der Waals surface area (Å²) in [6, 6.07) is 0.158. The first-order valence-electron chi connectivity index (χ1n) is 4.61. The van der Waals surface area contributed by atoms with Crippen molar-refractivity contribution in [2.45, 2.75) is 50.9 Å². The predicted octanol–water partition coefficient (Wildman–Crippen LogP) is 0.654. The van der Waals surface area contributed by atoms with E-state index in [1.54, 1.807) is 0 Å². The van der Waals surface area contributed by atoms with Crippen LogP contribution in [0, 0.1) is 0 Å². The van der Waals surface area contributed by atoms with Crippen LogP contribution in [0.15, 0.2) is 0 Å². The van der Waals surface area contributed by atoms with Gasteiger partial charge in [0.05, 0.1) is 18.3 Å². The summed E-state index contributed by atoms with van der Waals surface area (Å²) in [5, 5.41) is 9.91. The van der Waals surface area contributed by atoms with E-state index in [4.69, 9.17) is 10.5 Å². The second-order valence-electron chi connectivity index (χ2n) is 4.09. The Balaban J connectivity index is 2.30. The number of nitrogens with two attached hydrogens (primary N) is 1. The lowest BCUT2D eigenvalue weighted by atomic mass is 10.0. The van der Waals surface area contributed by atoms with Crippen LogP contribution in [0.2, 0.25) is 0 Å². The number of ether oxygens (including phenoxy) is 1. The van der Waals surface area contributed by atoms with Gasteiger partial charge in [-0.2, -0.15) is 0 Å². The van der Waals surface area contributed by atoms with E-state index in [0.29, 0.717) is 13.0 Å². The summed E-state index contributed by atoms with van der Waals surface area (Å²) in [7, 11) is 0. The summed E-state index contributed by atoms with van der Waals surface area (Å²) < 4.78 is 5.37. The molecule has 3 nitrogen and oxygen atoms in total. The molecule has 0 aliphatic heterocycles. The molecule has 3 N–H and O–H groups in total. The maximum absolute atomic E-state index is 9.91. The summed E-state index contributed by atoms with van der Waals surface area (Å²) in [5.74, 6) is 0. The van der Waals surface area contributed by atoms with Crippen LogP contribution in [0.25, 0.3) is 0 Å². The molecule has 0 bridgehead atoms. The van der Waals surface area contributed by atoms with Crippen molar-refractivity contribution in [2.24, 2.45) is 5.73 Å². The van der Waals surface area contributed by atoms with Gasteiger partial charge in [0.25, 0.3) is 0 Å². The summed E-state index contributed by atoms with van der Waals surface area (Å²) >= 11 is 0. The van der Waals surface area contributed by atoms with E-state index >= 15 is 0 Å². The molecular weight excluding hydrogens is 154 g/mol. The molecule has 0 aromatic carbocycles. The lowest BCUT2D eigenvalue weighted by Gasteiger charge is -2.23. The summed E-state index contributed by atoms with van der Waals surface area (Å²) in [5.41, 5.74) is 5.05. The molecule has 2 atom stereocenters. The van der Waals surface area contributed by atoms with Gasteiger partial charge in [-0.05, 0) is 33.1 Å². The van der Waals surface area contributed by atoms with Gasteiger partial charge in [0.15, 0.2) is 0 Å². The first-order chi connectivity index (χ1) is 5.52. The number of hydrogen-bond acceptors (Lipinski definition) is 3. The second kappa shape index (κ2) is 3.73. The van der Waals surface area contributed by atoms with E-state index in [-0.39, 0.29) is 12.1 Å². The average Bonchev–Trinajstić information content (AvgIpc) is 2.29. The third-order valence-corrected chi connectivity index (χ3v) is 2.31. The van der Waals surface area contributed by atoms with Crippen LogP contribution < -0.4 is 5.73 Å². The lowest BCUT2D eigenvalue weighted by molar-refractivity contribution is -0.0607. The van der Waals surface area contributed by atoms with E-state index in [1.807, 2.05) is 13.8 Å². The highest BCUT2D eigenvalue weighted by Gasteiger charge is 2.35. The predicted molar refractivity (Wildman–Crippen MR) is 47.9 cm³/mol. The Morgan fingerprint density at radius 3 is 2.75 bits per heavy atom. The van der Waals surface area contributed by atoms with Gasteiger partial charge < -0.3 is 15.6 Å². The molecule has 0 saturated heterocycles. The smallest absolute Gasteiger partial charge is 0.0895 e. The molecule has 0 aromatic heterocycles. The van der Waals surface area contributed by atoms with Gasteiger partial charge in [-0.15, -0.1) is 0 Å². The minimum Gasteiger partial charge on any atom is -0.387 e. The summed E-state index contributed by atoms with van der Waals surface area (Å²) in [6.07, 6.45) is 2.56. The van der Waals surface area contributed by atoms with Crippen LogP contribution in [0.5, 0.6) is 0 Å². The number of aliphatic hydroxyl groups is 1. The molecule has 2 unspecified atom stereocenters. The minimum atomic E-state index is -0.649. The normalized spacial score (nSPS) is 36.2. The van der Waals surface area contributed by atoms with Crippen molar-refractivity contribution in [3.8, 4) is 0 Å². The first-order valence-corrected chi connectivity index (χ1v) is 4.61. The molecule has 0 radical (unpaired) electrons. The van der Waals surface area contributed by atoms with Gasteiger partial charge in [-0.25, -0.2) is 0 Å². The third kappa shape index (κ3) is 2.73. The van der Waals surface area contributed by atoms with Crippen molar-refractivity contribution >= 4 is 0 Å². The van der Waals surface area contributed by atoms with Crippen LogP contribution >= 0.6 is 0 Å². The van der Waals surface area contributed by atoms with Gasteiger partial charge in [0.1, 0.15) is 0 Å². The molecule has 1 aliphatic rings. The standard InChI is InChI=1S/C9H19NO2/c1-7(2)12-6-9(11)4-3-8(10)5-9/h7-8,11H,3-6,10H2,1-2H3. The molecule has 1 rings (SSSR count). The van der Waals surface area contributed by atoms with Crippen molar-refractivity contribution in [3.63, 3.8) is 0 Å². The Kier molecular flexibility index (Phi) is 3.09. The fraction of sp³-hybridized carbons (Fsp3) is 1.00. The topological polar surface area (TPSA) is 55.5 Å². The summed E-state index contributed by atoms with van der Waals surface area (Å²) in [4.78, 5) is 0. The number of hydrogen-bond donors (Lipinski definition) is 2. The highest BCUT2D eigenvalue weighted by molar-refractivity contribution is 4.91. The van der Waals surface area contributed by atoms with Gasteiger partial charge >= 0.3 is 0 Å². The SMILES string of the molecule is CC(C)OCC1(O)CCC(N)C1. The van der Waals surface area contributed by atoms with E-state index < -0.39 is 5.60 Å². The zero-order valence-corrected chi connectivity index (χ0v) is 7.92. The Labute approximate surface area is 73.9 Å². The molecule has 0 heterocycles. The first kappa shape index (κ1) is 9.96. The second-order valence-corrected chi connectivity index (χ2v) is 4.09. The molecule has 0 aromatic rings.